The summed E-state index contributed by atoms with van der Waals surface area (Å²) in [7, 11) is 0. The number of hydrogen-bond donors (Lipinski definition) is 0. The zero-order valence-electron chi connectivity index (χ0n) is 17.7. The molecular weight excluding hydrogens is 386 g/mol. The summed E-state index contributed by atoms with van der Waals surface area (Å²) in [6, 6.07) is 0. The first-order valence-corrected chi connectivity index (χ1v) is 11.0. The Bertz CT molecular complexity index is 777. The second-order valence-corrected chi connectivity index (χ2v) is 8.91. The van der Waals surface area contributed by atoms with Crippen molar-refractivity contribution in [2.24, 2.45) is 16.4 Å². The van der Waals surface area contributed by atoms with Gasteiger partial charge in [-0.2, -0.15) is 0 Å². The Kier molecular flexibility index (Phi) is 6.55. The molecule has 3 fully saturated rings. The first-order chi connectivity index (χ1) is 14.6. The third kappa shape index (κ3) is 4.61. The Hall–Kier alpha value is -2.16. The van der Waals surface area contributed by atoms with Gasteiger partial charge in [0.1, 0.15) is 0 Å². The lowest BCUT2D eigenvalue weighted by Gasteiger charge is -2.42. The van der Waals surface area contributed by atoms with Crippen molar-refractivity contribution < 1.29 is 13.9 Å². The molecule has 4 rings (SSSR count). The van der Waals surface area contributed by atoms with Gasteiger partial charge in [-0.25, -0.2) is 0 Å². The number of nitrogens with zero attached hydrogens (tertiary/aromatic N) is 7. The molecule has 3 aliphatic heterocycles. The zero-order chi connectivity index (χ0) is 21.0. The Balaban J connectivity index is 1.43. The second kappa shape index (κ2) is 9.32. The number of amides is 1. The molecule has 0 radical (unpaired) electrons. The molecule has 0 aliphatic carbocycles. The van der Waals surface area contributed by atoms with Crippen LogP contribution in [-0.2, 0) is 9.53 Å². The molecule has 4 heterocycles. The van der Waals surface area contributed by atoms with Crippen molar-refractivity contribution in [3.63, 3.8) is 0 Å². The van der Waals surface area contributed by atoms with E-state index in [-0.39, 0.29) is 30.2 Å². The highest BCUT2D eigenvalue weighted by Gasteiger charge is 2.51. The number of aryl methyl sites for hydroxylation is 1. The van der Waals surface area contributed by atoms with Crippen LogP contribution in [0.2, 0.25) is 0 Å². The SMILES string of the molecule is Cc1nnc(C2CN(CC3CCOCC3)CC23CCN(C(=O)CCN=[N+]=[N-])CC3)o1. The highest BCUT2D eigenvalue weighted by Crippen LogP contribution is 2.49. The summed E-state index contributed by atoms with van der Waals surface area (Å²) in [4.78, 5) is 19.6. The summed E-state index contributed by atoms with van der Waals surface area (Å²) in [5.41, 5.74) is 8.47. The second-order valence-electron chi connectivity index (χ2n) is 8.91. The van der Waals surface area contributed by atoms with Crippen molar-refractivity contribution in [3.8, 4) is 0 Å². The van der Waals surface area contributed by atoms with Crippen LogP contribution in [0.4, 0.5) is 0 Å². The molecule has 3 saturated heterocycles. The fraction of sp³-hybridized carbons (Fsp3) is 0.850. The van der Waals surface area contributed by atoms with E-state index >= 15 is 0 Å². The molecule has 1 aromatic heterocycles. The molecule has 10 nitrogen and oxygen atoms in total. The Labute approximate surface area is 176 Å². The van der Waals surface area contributed by atoms with Crippen molar-refractivity contribution in [2.45, 2.75) is 44.9 Å². The molecular formula is C20H31N7O3. The van der Waals surface area contributed by atoms with Crippen LogP contribution in [0.5, 0.6) is 0 Å². The standard InChI is InChI=1S/C20H31N7O3/c1-15-23-24-19(30-15)17-13-26(12-16-3-10-29-11-4-16)14-20(17)5-8-27(9-6-20)18(28)2-7-22-25-21/h16-17H,2-14H2,1H3. The van der Waals surface area contributed by atoms with Gasteiger partial charge in [0.05, 0.1) is 5.92 Å². The van der Waals surface area contributed by atoms with Gasteiger partial charge >= 0.3 is 0 Å². The lowest BCUT2D eigenvalue weighted by molar-refractivity contribution is -0.133. The van der Waals surface area contributed by atoms with Gasteiger partial charge in [-0.05, 0) is 42.5 Å². The van der Waals surface area contributed by atoms with E-state index < -0.39 is 0 Å². The van der Waals surface area contributed by atoms with Gasteiger partial charge in [0.25, 0.3) is 0 Å². The highest BCUT2D eigenvalue weighted by atomic mass is 16.5. The Morgan fingerprint density at radius 3 is 2.73 bits per heavy atom. The average Bonchev–Trinajstić information content (AvgIpc) is 3.33. The number of aromatic nitrogens is 2. The van der Waals surface area contributed by atoms with Crippen molar-refractivity contribution in [2.75, 3.05) is 52.5 Å². The van der Waals surface area contributed by atoms with Crippen molar-refractivity contribution in [1.29, 1.82) is 0 Å². The number of rotatable bonds is 6. The van der Waals surface area contributed by atoms with Gasteiger partial charge < -0.3 is 19.0 Å². The van der Waals surface area contributed by atoms with Gasteiger partial charge in [0, 0.05) is 70.7 Å². The summed E-state index contributed by atoms with van der Waals surface area (Å²) in [5.74, 6) is 2.30. The van der Waals surface area contributed by atoms with Crippen molar-refractivity contribution >= 4 is 5.91 Å². The van der Waals surface area contributed by atoms with E-state index in [1.54, 1.807) is 0 Å². The normalized spacial score (nSPS) is 24.8. The van der Waals surface area contributed by atoms with Gasteiger partial charge in [-0.15, -0.1) is 10.2 Å². The molecule has 0 N–H and O–H groups in total. The topological polar surface area (TPSA) is 120 Å². The molecule has 0 saturated carbocycles. The van der Waals surface area contributed by atoms with Crippen LogP contribution in [0.25, 0.3) is 10.4 Å². The molecule has 1 spiro atoms. The van der Waals surface area contributed by atoms with Crippen LogP contribution >= 0.6 is 0 Å². The molecule has 30 heavy (non-hydrogen) atoms. The number of azide groups is 1. The molecule has 0 aromatic carbocycles. The lowest BCUT2D eigenvalue weighted by atomic mass is 9.70. The van der Waals surface area contributed by atoms with E-state index in [1.807, 2.05) is 11.8 Å². The first-order valence-electron chi connectivity index (χ1n) is 11.0. The number of piperidine rings is 1. The number of hydrogen-bond acceptors (Lipinski definition) is 7. The smallest absolute Gasteiger partial charge is 0.222 e. The van der Waals surface area contributed by atoms with E-state index in [9.17, 15) is 4.79 Å². The Morgan fingerprint density at radius 1 is 1.30 bits per heavy atom. The van der Waals surface area contributed by atoms with Crippen LogP contribution < -0.4 is 0 Å². The van der Waals surface area contributed by atoms with Crippen LogP contribution in [0.3, 0.4) is 0 Å². The minimum atomic E-state index is 0.0612. The van der Waals surface area contributed by atoms with Crippen LogP contribution in [0.15, 0.2) is 9.53 Å². The molecule has 1 unspecified atom stereocenters. The third-order valence-corrected chi connectivity index (χ3v) is 7.02. The maximum atomic E-state index is 12.4. The predicted molar refractivity (Wildman–Crippen MR) is 109 cm³/mol. The first kappa shape index (κ1) is 21.1. The highest BCUT2D eigenvalue weighted by molar-refractivity contribution is 5.76. The predicted octanol–water partition coefficient (Wildman–Crippen LogP) is 2.51. The van der Waals surface area contributed by atoms with E-state index in [2.05, 4.69) is 25.1 Å². The quantitative estimate of drug-likeness (QED) is 0.398. The van der Waals surface area contributed by atoms with E-state index in [0.717, 1.165) is 77.5 Å². The Morgan fingerprint density at radius 2 is 2.07 bits per heavy atom. The van der Waals surface area contributed by atoms with Gasteiger partial charge in [0.15, 0.2) is 0 Å². The summed E-state index contributed by atoms with van der Waals surface area (Å²) >= 11 is 0. The zero-order valence-corrected chi connectivity index (χ0v) is 17.7. The maximum absolute atomic E-state index is 12.4. The molecule has 1 aromatic rings. The minimum absolute atomic E-state index is 0.0612. The fourth-order valence-corrected chi connectivity index (χ4v) is 5.35. The minimum Gasteiger partial charge on any atom is -0.425 e. The van der Waals surface area contributed by atoms with E-state index in [0.29, 0.717) is 11.8 Å². The third-order valence-electron chi connectivity index (χ3n) is 7.02. The fourth-order valence-electron chi connectivity index (χ4n) is 5.35. The van der Waals surface area contributed by atoms with Gasteiger partial charge in [-0.3, -0.25) is 4.79 Å². The number of likely N-dealkylation sites (tertiary alicyclic amines) is 2. The molecule has 1 atom stereocenters. The lowest BCUT2D eigenvalue weighted by Crippen LogP contribution is -2.46. The number of carbonyl (C=O) groups is 1. The molecule has 3 aliphatic rings. The summed E-state index contributed by atoms with van der Waals surface area (Å²) in [6.45, 7) is 8.27. The summed E-state index contributed by atoms with van der Waals surface area (Å²) < 4.78 is 11.4. The summed E-state index contributed by atoms with van der Waals surface area (Å²) in [5, 5.41) is 11.9. The average molecular weight is 418 g/mol. The largest absolute Gasteiger partial charge is 0.425 e. The molecule has 10 heteroatoms. The van der Waals surface area contributed by atoms with Gasteiger partial charge in [-0.1, -0.05) is 5.11 Å². The van der Waals surface area contributed by atoms with Gasteiger partial charge in [0.2, 0.25) is 17.7 Å². The number of ether oxygens (including phenoxy) is 1. The van der Waals surface area contributed by atoms with Crippen LogP contribution in [0, 0.1) is 18.3 Å². The van der Waals surface area contributed by atoms with Crippen LogP contribution in [0.1, 0.15) is 49.8 Å². The number of carbonyl (C=O) groups excluding carboxylic acids is 1. The van der Waals surface area contributed by atoms with E-state index in [4.69, 9.17) is 14.7 Å². The van der Waals surface area contributed by atoms with Crippen LogP contribution in [-0.4, -0.2) is 78.4 Å². The van der Waals surface area contributed by atoms with E-state index in [1.165, 1.54) is 0 Å². The summed E-state index contributed by atoms with van der Waals surface area (Å²) in [6.07, 6.45) is 4.38. The van der Waals surface area contributed by atoms with Crippen molar-refractivity contribution in [3.05, 3.63) is 22.2 Å². The molecule has 0 bridgehead atoms. The monoisotopic (exact) mass is 417 g/mol. The molecule has 164 valence electrons. The maximum Gasteiger partial charge on any atom is 0.222 e. The molecule has 1 amide bonds. The van der Waals surface area contributed by atoms with Crippen molar-refractivity contribution in [1.82, 2.24) is 20.0 Å².